The molecule has 0 amide bonds. The molecule has 0 aliphatic carbocycles. The lowest BCUT2D eigenvalue weighted by Gasteiger charge is -2.29. The number of nitrogens with zero attached hydrogens (tertiary/aromatic N) is 2. The Hall–Kier alpha value is -1.84. The van der Waals surface area contributed by atoms with Gasteiger partial charge in [-0.2, -0.15) is 5.53 Å². The summed E-state index contributed by atoms with van der Waals surface area (Å²) < 4.78 is 0. The van der Waals surface area contributed by atoms with E-state index >= 15 is 0 Å². The molecule has 1 fully saturated rings. The van der Waals surface area contributed by atoms with Gasteiger partial charge in [0.05, 0.1) is 11.7 Å². The molecule has 2 aromatic carbocycles. The van der Waals surface area contributed by atoms with Crippen LogP contribution < -0.4 is 10.5 Å². The van der Waals surface area contributed by atoms with Gasteiger partial charge in [-0.1, -0.05) is 76.2 Å². The highest BCUT2D eigenvalue weighted by molar-refractivity contribution is 5.63. The van der Waals surface area contributed by atoms with Crippen molar-refractivity contribution in [3.8, 4) is 0 Å². The average Bonchev–Trinajstić information content (AvgIpc) is 3.07. The van der Waals surface area contributed by atoms with Crippen molar-refractivity contribution < 1.29 is 0 Å². The van der Waals surface area contributed by atoms with Crippen molar-refractivity contribution in [2.75, 3.05) is 5.01 Å². The molecule has 1 heterocycles. The number of anilines is 1. The first-order valence-corrected chi connectivity index (χ1v) is 9.68. The Bertz CT molecular complexity index is 695. The Labute approximate surface area is 159 Å². The molecule has 1 saturated heterocycles. The first-order valence-electron chi connectivity index (χ1n) is 9.68. The molecule has 26 heavy (non-hydrogen) atoms. The highest BCUT2D eigenvalue weighted by Crippen LogP contribution is 2.40. The summed E-state index contributed by atoms with van der Waals surface area (Å²) >= 11 is 0. The average molecular weight is 350 g/mol. The molecule has 2 radical (unpaired) electrons. The van der Waals surface area contributed by atoms with Crippen LogP contribution in [0.3, 0.4) is 0 Å². The maximum atomic E-state index is 3.69. The largest absolute Gasteiger partial charge is 0.281 e. The Morgan fingerprint density at radius 1 is 0.808 bits per heavy atom. The molecular formula is C23H31N3. The zero-order chi connectivity index (χ0) is 18.8. The van der Waals surface area contributed by atoms with Gasteiger partial charge < -0.3 is 0 Å². The second-order valence-corrected chi connectivity index (χ2v) is 7.97. The highest BCUT2D eigenvalue weighted by atomic mass is 15.8. The molecule has 0 spiro atoms. The Morgan fingerprint density at radius 3 is 1.88 bits per heavy atom. The van der Waals surface area contributed by atoms with E-state index in [1.165, 1.54) is 22.4 Å². The summed E-state index contributed by atoms with van der Waals surface area (Å²) in [6.07, 6.45) is 0. The minimum absolute atomic E-state index is 0.0939. The van der Waals surface area contributed by atoms with Gasteiger partial charge >= 0.3 is 0 Å². The van der Waals surface area contributed by atoms with Gasteiger partial charge in [0.25, 0.3) is 0 Å². The van der Waals surface area contributed by atoms with E-state index in [2.05, 4.69) is 112 Å². The predicted octanol–water partition coefficient (Wildman–Crippen LogP) is 5.66. The topological polar surface area (TPSA) is 18.5 Å². The molecule has 3 heteroatoms. The Morgan fingerprint density at radius 2 is 1.38 bits per heavy atom. The zero-order valence-corrected chi connectivity index (χ0v) is 16.8. The summed E-state index contributed by atoms with van der Waals surface area (Å²) in [5.41, 5.74) is 8.82. The normalized spacial score (nSPS) is 18.5. The van der Waals surface area contributed by atoms with E-state index in [0.29, 0.717) is 17.9 Å². The summed E-state index contributed by atoms with van der Waals surface area (Å²) in [7, 11) is 0. The van der Waals surface area contributed by atoms with Gasteiger partial charge in [-0.3, -0.25) is 5.01 Å². The number of nitrogens with one attached hydrogen (secondary N) is 1. The maximum Gasteiger partial charge on any atom is 0.137 e. The van der Waals surface area contributed by atoms with Crippen molar-refractivity contribution in [1.29, 1.82) is 0 Å². The van der Waals surface area contributed by atoms with Crippen molar-refractivity contribution in [3.63, 3.8) is 0 Å². The fourth-order valence-corrected chi connectivity index (χ4v) is 3.56. The van der Waals surface area contributed by atoms with Gasteiger partial charge in [0.15, 0.2) is 0 Å². The van der Waals surface area contributed by atoms with Crippen molar-refractivity contribution in [2.24, 2.45) is 0 Å². The third-order valence-electron chi connectivity index (χ3n) is 4.98. The summed E-state index contributed by atoms with van der Waals surface area (Å²) in [6, 6.07) is 17.7. The summed E-state index contributed by atoms with van der Waals surface area (Å²) in [4.78, 5) is 0. The molecule has 1 N–H and O–H groups in total. The molecule has 138 valence electrons. The lowest BCUT2D eigenvalue weighted by Crippen LogP contribution is -2.44. The van der Waals surface area contributed by atoms with Crippen LogP contribution in [0.4, 0.5) is 5.69 Å². The van der Waals surface area contributed by atoms with E-state index in [4.69, 9.17) is 0 Å². The molecule has 2 aromatic rings. The van der Waals surface area contributed by atoms with Crippen LogP contribution in [0.25, 0.3) is 0 Å². The molecular weight excluding hydrogens is 318 g/mol. The van der Waals surface area contributed by atoms with E-state index in [9.17, 15) is 0 Å². The molecule has 1 aliphatic rings. The van der Waals surface area contributed by atoms with Gasteiger partial charge in [0.2, 0.25) is 0 Å². The van der Waals surface area contributed by atoms with Crippen molar-refractivity contribution >= 4 is 5.69 Å². The monoisotopic (exact) mass is 349 g/mol. The second kappa shape index (κ2) is 7.81. The van der Waals surface area contributed by atoms with Gasteiger partial charge in [0, 0.05) is 6.04 Å². The van der Waals surface area contributed by atoms with E-state index in [0.717, 1.165) is 0 Å². The number of benzene rings is 2. The maximum absolute atomic E-state index is 3.69. The van der Waals surface area contributed by atoms with Crippen LogP contribution >= 0.6 is 0 Å². The smallest absolute Gasteiger partial charge is 0.137 e. The Balaban J connectivity index is 2.03. The summed E-state index contributed by atoms with van der Waals surface area (Å²) in [5, 5.41) is 4.40. The lowest BCUT2D eigenvalue weighted by atomic mass is 9.92. The molecule has 0 bridgehead atoms. The van der Waals surface area contributed by atoms with Gasteiger partial charge in [-0.25, -0.2) is 5.01 Å². The van der Waals surface area contributed by atoms with Gasteiger partial charge in [0.1, 0.15) is 6.54 Å². The van der Waals surface area contributed by atoms with Gasteiger partial charge in [-0.05, 0) is 42.4 Å². The van der Waals surface area contributed by atoms with Crippen LogP contribution in [-0.4, -0.2) is 11.1 Å². The number of rotatable bonds is 5. The third-order valence-corrected chi connectivity index (χ3v) is 4.98. The van der Waals surface area contributed by atoms with Crippen LogP contribution in [-0.2, 0) is 0 Å². The molecule has 3 rings (SSSR count). The second-order valence-electron chi connectivity index (χ2n) is 7.97. The molecule has 1 aliphatic heterocycles. The van der Waals surface area contributed by atoms with Crippen LogP contribution in [0, 0.1) is 6.54 Å². The van der Waals surface area contributed by atoms with Gasteiger partial charge in [-0.15, -0.1) is 0 Å². The van der Waals surface area contributed by atoms with E-state index < -0.39 is 0 Å². The van der Waals surface area contributed by atoms with E-state index in [1.54, 1.807) is 0 Å². The number of para-hydroxylation sites is 1. The molecule has 3 nitrogen and oxygen atoms in total. The fourth-order valence-electron chi connectivity index (χ4n) is 3.56. The fraction of sp³-hybridized carbons (Fsp3) is 0.435. The predicted molar refractivity (Wildman–Crippen MR) is 110 cm³/mol. The van der Waals surface area contributed by atoms with Crippen LogP contribution in [0.15, 0.2) is 48.5 Å². The van der Waals surface area contributed by atoms with Crippen molar-refractivity contribution in [2.45, 2.75) is 65.5 Å². The van der Waals surface area contributed by atoms with Crippen molar-refractivity contribution in [1.82, 2.24) is 10.5 Å². The standard InChI is InChI=1S/C23H31N3/c1-16(2)20-13-10-14-21(17(3)4)23(20)25-15-22(26(24-25)18(5)6)19-11-8-7-9-12-19/h7-14,16-18,22,24H,1-6H3. The molecule has 1 unspecified atom stereocenters. The molecule has 0 aromatic heterocycles. The van der Waals surface area contributed by atoms with E-state index in [1.807, 2.05) is 0 Å². The molecule has 0 saturated carbocycles. The minimum atomic E-state index is 0.0939. The summed E-state index contributed by atoms with van der Waals surface area (Å²) in [6.45, 7) is 17.2. The van der Waals surface area contributed by atoms with Crippen LogP contribution in [0.1, 0.15) is 76.1 Å². The third kappa shape index (κ3) is 3.65. The minimum Gasteiger partial charge on any atom is -0.281 e. The molecule has 1 atom stereocenters. The number of hydrogen-bond acceptors (Lipinski definition) is 3. The number of hydrazine groups is 2. The number of hydrogen-bond donors (Lipinski definition) is 1. The van der Waals surface area contributed by atoms with Crippen molar-refractivity contribution in [3.05, 3.63) is 71.8 Å². The van der Waals surface area contributed by atoms with E-state index in [-0.39, 0.29) is 6.04 Å². The first-order chi connectivity index (χ1) is 12.4. The highest BCUT2D eigenvalue weighted by Gasteiger charge is 2.36. The quantitative estimate of drug-likeness (QED) is 0.751. The van der Waals surface area contributed by atoms with Crippen LogP contribution in [0.2, 0.25) is 0 Å². The zero-order valence-electron chi connectivity index (χ0n) is 16.8. The SMILES string of the molecule is CC(C)c1cccc(C(C)C)c1N1[C]C(c2ccccc2)N(C(C)C)N1. The lowest BCUT2D eigenvalue weighted by molar-refractivity contribution is 0.145. The Kier molecular flexibility index (Phi) is 5.69. The van der Waals surface area contributed by atoms with Crippen LogP contribution in [0.5, 0.6) is 0 Å². The summed E-state index contributed by atoms with van der Waals surface area (Å²) in [5.74, 6) is 0.908. The first kappa shape index (κ1) is 18.9.